The van der Waals surface area contributed by atoms with Gasteiger partial charge < -0.3 is 10.5 Å². The molecule has 0 bridgehead atoms. The number of anilines is 1. The summed E-state index contributed by atoms with van der Waals surface area (Å²) in [5.74, 6) is 1.91. The first-order chi connectivity index (χ1) is 10.3. The third kappa shape index (κ3) is 2.81. The van der Waals surface area contributed by atoms with Gasteiger partial charge >= 0.3 is 0 Å². The second-order valence-electron chi connectivity index (χ2n) is 4.24. The van der Waals surface area contributed by atoms with Gasteiger partial charge in [0.25, 0.3) is 0 Å². The lowest BCUT2D eigenvalue weighted by Crippen LogP contribution is -2.06. The molecule has 0 spiro atoms. The molecular formula is C14H14N6O. The third-order valence-electron chi connectivity index (χ3n) is 2.80. The van der Waals surface area contributed by atoms with Crippen molar-refractivity contribution >= 4 is 5.95 Å². The maximum Gasteiger partial charge on any atom is 0.240 e. The molecule has 3 rings (SSSR count). The molecule has 0 radical (unpaired) electrons. The summed E-state index contributed by atoms with van der Waals surface area (Å²) in [7, 11) is 0. The summed E-state index contributed by atoms with van der Waals surface area (Å²) in [6.45, 7) is 2.57. The summed E-state index contributed by atoms with van der Waals surface area (Å²) in [5, 5.41) is 0. The summed E-state index contributed by atoms with van der Waals surface area (Å²) in [6, 6.07) is 7.51. The SMILES string of the molecule is CCOc1ccc(-c2nc(N)nc(-n3ccnc3)n2)cc1. The first-order valence-corrected chi connectivity index (χ1v) is 6.49. The Morgan fingerprint density at radius 1 is 1.14 bits per heavy atom. The molecule has 7 nitrogen and oxygen atoms in total. The number of aromatic nitrogens is 5. The van der Waals surface area contributed by atoms with E-state index in [9.17, 15) is 0 Å². The zero-order valence-corrected chi connectivity index (χ0v) is 11.5. The molecule has 0 saturated heterocycles. The molecule has 21 heavy (non-hydrogen) atoms. The van der Waals surface area contributed by atoms with Gasteiger partial charge in [0.05, 0.1) is 6.61 Å². The van der Waals surface area contributed by atoms with Crippen molar-refractivity contribution in [1.29, 1.82) is 0 Å². The topological polar surface area (TPSA) is 91.7 Å². The van der Waals surface area contributed by atoms with Gasteiger partial charge in [0, 0.05) is 18.0 Å². The maximum absolute atomic E-state index is 5.76. The second kappa shape index (κ2) is 5.58. The summed E-state index contributed by atoms with van der Waals surface area (Å²) in [4.78, 5) is 16.6. The Hall–Kier alpha value is -2.96. The molecule has 0 aliphatic heterocycles. The fourth-order valence-electron chi connectivity index (χ4n) is 1.87. The smallest absolute Gasteiger partial charge is 0.240 e. The number of nitrogen functional groups attached to an aromatic ring is 1. The minimum Gasteiger partial charge on any atom is -0.494 e. The van der Waals surface area contributed by atoms with Crippen molar-refractivity contribution in [1.82, 2.24) is 24.5 Å². The normalized spacial score (nSPS) is 10.5. The number of nitrogens with zero attached hydrogens (tertiary/aromatic N) is 5. The van der Waals surface area contributed by atoms with Gasteiger partial charge in [-0.15, -0.1) is 0 Å². The van der Waals surface area contributed by atoms with Gasteiger partial charge in [0.15, 0.2) is 5.82 Å². The van der Waals surface area contributed by atoms with E-state index in [0.717, 1.165) is 11.3 Å². The molecule has 2 heterocycles. The van der Waals surface area contributed by atoms with Crippen molar-refractivity contribution < 1.29 is 4.74 Å². The lowest BCUT2D eigenvalue weighted by Gasteiger charge is -2.06. The number of rotatable bonds is 4. The van der Waals surface area contributed by atoms with Gasteiger partial charge in [0.1, 0.15) is 12.1 Å². The number of hydrogen-bond donors (Lipinski definition) is 1. The average Bonchev–Trinajstić information content (AvgIpc) is 3.02. The highest BCUT2D eigenvalue weighted by Gasteiger charge is 2.08. The molecule has 1 aromatic carbocycles. The van der Waals surface area contributed by atoms with Crippen LogP contribution in [-0.2, 0) is 0 Å². The lowest BCUT2D eigenvalue weighted by molar-refractivity contribution is 0.340. The highest BCUT2D eigenvalue weighted by Crippen LogP contribution is 2.20. The van der Waals surface area contributed by atoms with E-state index in [1.165, 1.54) is 0 Å². The molecule has 0 atom stereocenters. The van der Waals surface area contributed by atoms with Crippen LogP contribution in [0.3, 0.4) is 0 Å². The molecule has 0 unspecified atom stereocenters. The Balaban J connectivity index is 1.98. The van der Waals surface area contributed by atoms with E-state index in [4.69, 9.17) is 10.5 Å². The number of hydrogen-bond acceptors (Lipinski definition) is 6. The molecule has 2 aromatic heterocycles. The fraction of sp³-hybridized carbons (Fsp3) is 0.143. The van der Waals surface area contributed by atoms with Crippen LogP contribution in [0.15, 0.2) is 43.0 Å². The van der Waals surface area contributed by atoms with E-state index in [0.29, 0.717) is 18.4 Å². The molecule has 0 saturated carbocycles. The molecule has 2 N–H and O–H groups in total. The van der Waals surface area contributed by atoms with Crippen molar-refractivity contribution in [3.63, 3.8) is 0 Å². The Morgan fingerprint density at radius 3 is 2.62 bits per heavy atom. The Labute approximate surface area is 121 Å². The van der Waals surface area contributed by atoms with Crippen LogP contribution < -0.4 is 10.5 Å². The summed E-state index contributed by atoms with van der Waals surface area (Å²) in [6.07, 6.45) is 5.00. The standard InChI is InChI=1S/C14H14N6O/c1-2-21-11-5-3-10(4-6-11)12-17-13(15)19-14(18-12)20-8-7-16-9-20/h3-9H,2H2,1H3,(H2,15,17,18,19). The quantitative estimate of drug-likeness (QED) is 0.783. The van der Waals surface area contributed by atoms with Crippen LogP contribution >= 0.6 is 0 Å². The summed E-state index contributed by atoms with van der Waals surface area (Å²) in [5.41, 5.74) is 6.60. The third-order valence-corrected chi connectivity index (χ3v) is 2.80. The maximum atomic E-state index is 5.76. The Bertz CT molecular complexity index is 724. The summed E-state index contributed by atoms with van der Waals surface area (Å²) < 4.78 is 7.09. The number of benzene rings is 1. The largest absolute Gasteiger partial charge is 0.494 e. The minimum absolute atomic E-state index is 0.164. The lowest BCUT2D eigenvalue weighted by atomic mass is 10.2. The monoisotopic (exact) mass is 282 g/mol. The van der Waals surface area contributed by atoms with E-state index in [1.807, 2.05) is 31.2 Å². The molecule has 106 valence electrons. The van der Waals surface area contributed by atoms with Crippen LogP contribution in [0.2, 0.25) is 0 Å². The minimum atomic E-state index is 0.164. The molecule has 3 aromatic rings. The fourth-order valence-corrected chi connectivity index (χ4v) is 1.87. The molecule has 0 amide bonds. The predicted molar refractivity (Wildman–Crippen MR) is 78.0 cm³/mol. The van der Waals surface area contributed by atoms with Crippen molar-refractivity contribution in [3.05, 3.63) is 43.0 Å². The number of imidazole rings is 1. The van der Waals surface area contributed by atoms with E-state index >= 15 is 0 Å². The van der Waals surface area contributed by atoms with Gasteiger partial charge in [-0.2, -0.15) is 15.0 Å². The van der Waals surface area contributed by atoms with Crippen LogP contribution in [0, 0.1) is 0 Å². The Kier molecular flexibility index (Phi) is 3.46. The van der Waals surface area contributed by atoms with E-state index in [1.54, 1.807) is 23.3 Å². The predicted octanol–water partition coefficient (Wildman–Crippen LogP) is 1.71. The van der Waals surface area contributed by atoms with Crippen LogP contribution in [0.1, 0.15) is 6.92 Å². The Morgan fingerprint density at radius 2 is 1.95 bits per heavy atom. The van der Waals surface area contributed by atoms with Crippen LogP contribution in [0.4, 0.5) is 5.95 Å². The van der Waals surface area contributed by atoms with Crippen LogP contribution in [-0.4, -0.2) is 31.1 Å². The molecule has 7 heteroatoms. The van der Waals surface area contributed by atoms with Crippen molar-refractivity contribution in [3.8, 4) is 23.1 Å². The molecule has 0 fully saturated rings. The van der Waals surface area contributed by atoms with Gasteiger partial charge in [-0.25, -0.2) is 4.98 Å². The highest BCUT2D eigenvalue weighted by molar-refractivity contribution is 5.57. The van der Waals surface area contributed by atoms with Crippen LogP contribution in [0.25, 0.3) is 17.3 Å². The zero-order valence-electron chi connectivity index (χ0n) is 11.5. The molecular weight excluding hydrogens is 268 g/mol. The zero-order chi connectivity index (χ0) is 14.7. The van der Waals surface area contributed by atoms with Gasteiger partial charge in [-0.1, -0.05) is 0 Å². The molecule has 0 aliphatic carbocycles. The van der Waals surface area contributed by atoms with Gasteiger partial charge in [-0.3, -0.25) is 4.57 Å². The van der Waals surface area contributed by atoms with Gasteiger partial charge in [0.2, 0.25) is 11.9 Å². The summed E-state index contributed by atoms with van der Waals surface area (Å²) >= 11 is 0. The van der Waals surface area contributed by atoms with Crippen LogP contribution in [0.5, 0.6) is 5.75 Å². The highest BCUT2D eigenvalue weighted by atomic mass is 16.5. The van der Waals surface area contributed by atoms with Crippen molar-refractivity contribution in [2.45, 2.75) is 6.92 Å². The second-order valence-corrected chi connectivity index (χ2v) is 4.24. The van der Waals surface area contributed by atoms with Gasteiger partial charge in [-0.05, 0) is 31.2 Å². The first-order valence-electron chi connectivity index (χ1n) is 6.49. The number of ether oxygens (including phenoxy) is 1. The van der Waals surface area contributed by atoms with E-state index in [2.05, 4.69) is 19.9 Å². The van der Waals surface area contributed by atoms with E-state index < -0.39 is 0 Å². The van der Waals surface area contributed by atoms with E-state index in [-0.39, 0.29) is 5.95 Å². The number of nitrogens with two attached hydrogens (primary N) is 1. The average molecular weight is 282 g/mol. The first kappa shape index (κ1) is 13.0. The van der Waals surface area contributed by atoms with Crippen molar-refractivity contribution in [2.75, 3.05) is 12.3 Å². The van der Waals surface area contributed by atoms with Crippen molar-refractivity contribution in [2.24, 2.45) is 0 Å². The molecule has 0 aliphatic rings.